The Labute approximate surface area is 173 Å². The first kappa shape index (κ1) is 20.7. The molecule has 3 rings (SSSR count). The molecule has 1 aliphatic rings. The average molecular weight is 421 g/mol. The maximum Gasteiger partial charge on any atom is 0.255 e. The van der Waals surface area contributed by atoms with Gasteiger partial charge in [-0.15, -0.1) is 11.8 Å². The molecule has 1 heterocycles. The van der Waals surface area contributed by atoms with Crippen LogP contribution in [0.15, 0.2) is 48.5 Å². The van der Waals surface area contributed by atoms with Gasteiger partial charge in [-0.3, -0.25) is 9.59 Å². The van der Waals surface area contributed by atoms with Gasteiger partial charge in [0.2, 0.25) is 5.91 Å². The van der Waals surface area contributed by atoms with E-state index in [9.17, 15) is 14.0 Å². The van der Waals surface area contributed by atoms with E-state index in [-0.39, 0.29) is 23.0 Å². The molecule has 2 aromatic carbocycles. The Morgan fingerprint density at radius 2 is 1.71 bits per heavy atom. The van der Waals surface area contributed by atoms with Gasteiger partial charge in [0, 0.05) is 21.9 Å². The standard InChI is InChI=1S/C21H22ClFN2O2S/c1-21(2,3)24-18(26)17-12-28-20(14-6-10-16(23)11-7-14)25(17)19(27)13-4-8-15(22)9-5-13/h4-11,17,20H,12H2,1-3H3,(H,24,26)/t17-,20-/m0/s1. The molecule has 1 aliphatic heterocycles. The van der Waals surface area contributed by atoms with E-state index in [0.717, 1.165) is 5.56 Å². The highest BCUT2D eigenvalue weighted by atomic mass is 35.5. The molecule has 1 N–H and O–H groups in total. The topological polar surface area (TPSA) is 49.4 Å². The highest BCUT2D eigenvalue weighted by molar-refractivity contribution is 7.99. The van der Waals surface area contributed by atoms with E-state index in [1.54, 1.807) is 41.3 Å². The highest BCUT2D eigenvalue weighted by Crippen LogP contribution is 2.42. The third kappa shape index (κ3) is 4.67. The van der Waals surface area contributed by atoms with Crippen LogP contribution in [-0.2, 0) is 4.79 Å². The summed E-state index contributed by atoms with van der Waals surface area (Å²) in [6, 6.07) is 12.0. The summed E-state index contributed by atoms with van der Waals surface area (Å²) >= 11 is 7.43. The minimum atomic E-state index is -0.623. The summed E-state index contributed by atoms with van der Waals surface area (Å²) in [7, 11) is 0. The van der Waals surface area contributed by atoms with Crippen LogP contribution in [0.1, 0.15) is 42.1 Å². The summed E-state index contributed by atoms with van der Waals surface area (Å²) in [5.74, 6) is -0.343. The molecular weight excluding hydrogens is 399 g/mol. The van der Waals surface area contributed by atoms with E-state index >= 15 is 0 Å². The predicted molar refractivity (Wildman–Crippen MR) is 111 cm³/mol. The SMILES string of the molecule is CC(C)(C)NC(=O)[C@@H]1CS[C@@H](c2ccc(F)cc2)N1C(=O)c1ccc(Cl)cc1. The van der Waals surface area contributed by atoms with Crippen LogP contribution < -0.4 is 5.32 Å². The number of carbonyl (C=O) groups is 2. The summed E-state index contributed by atoms with van der Waals surface area (Å²) in [5, 5.41) is 3.12. The van der Waals surface area contributed by atoms with Crippen molar-refractivity contribution in [3.8, 4) is 0 Å². The Bertz CT molecular complexity index is 865. The number of halogens is 2. The molecule has 0 aromatic heterocycles. The minimum absolute atomic E-state index is 0.202. The zero-order valence-electron chi connectivity index (χ0n) is 15.9. The molecule has 2 amide bonds. The second-order valence-corrected chi connectivity index (χ2v) is 9.26. The third-order valence-corrected chi connectivity index (χ3v) is 5.86. The van der Waals surface area contributed by atoms with Crippen LogP contribution in [0.25, 0.3) is 0 Å². The van der Waals surface area contributed by atoms with E-state index in [1.807, 2.05) is 20.8 Å². The monoisotopic (exact) mass is 420 g/mol. The molecule has 7 heteroatoms. The fourth-order valence-corrected chi connectivity index (χ4v) is 4.59. The van der Waals surface area contributed by atoms with Gasteiger partial charge in [0.05, 0.1) is 0 Å². The lowest BCUT2D eigenvalue weighted by atomic mass is 10.1. The Hall–Kier alpha value is -2.05. The zero-order valence-corrected chi connectivity index (χ0v) is 17.5. The molecule has 0 saturated carbocycles. The van der Waals surface area contributed by atoms with Crippen LogP contribution in [0.4, 0.5) is 4.39 Å². The Kier molecular flexibility index (Phi) is 6.01. The molecular formula is C21H22ClFN2O2S. The first-order valence-corrected chi connectivity index (χ1v) is 10.4. The number of amides is 2. The lowest BCUT2D eigenvalue weighted by molar-refractivity contribution is -0.126. The molecule has 2 atom stereocenters. The van der Waals surface area contributed by atoms with Gasteiger partial charge < -0.3 is 10.2 Å². The van der Waals surface area contributed by atoms with Crippen LogP contribution in [0.3, 0.4) is 0 Å². The number of nitrogens with zero attached hydrogens (tertiary/aromatic N) is 1. The van der Waals surface area contributed by atoms with Gasteiger partial charge in [0.15, 0.2) is 0 Å². The van der Waals surface area contributed by atoms with Crippen molar-refractivity contribution in [2.75, 3.05) is 5.75 Å². The maximum atomic E-state index is 13.4. The largest absolute Gasteiger partial charge is 0.350 e. The molecule has 0 aliphatic carbocycles. The van der Waals surface area contributed by atoms with Crippen LogP contribution in [-0.4, -0.2) is 34.0 Å². The van der Waals surface area contributed by atoms with Crippen molar-refractivity contribution >= 4 is 35.2 Å². The molecule has 0 bridgehead atoms. The van der Waals surface area contributed by atoms with Crippen molar-refractivity contribution in [2.45, 2.75) is 37.7 Å². The number of nitrogens with one attached hydrogen (secondary N) is 1. The fourth-order valence-electron chi connectivity index (χ4n) is 3.04. The van der Waals surface area contributed by atoms with Crippen LogP contribution in [0.5, 0.6) is 0 Å². The van der Waals surface area contributed by atoms with Crippen molar-refractivity contribution in [1.82, 2.24) is 10.2 Å². The van der Waals surface area contributed by atoms with Crippen LogP contribution >= 0.6 is 23.4 Å². The number of thioether (sulfide) groups is 1. The minimum Gasteiger partial charge on any atom is -0.350 e. The average Bonchev–Trinajstić information content (AvgIpc) is 3.06. The fraction of sp³-hybridized carbons (Fsp3) is 0.333. The summed E-state index contributed by atoms with van der Waals surface area (Å²) < 4.78 is 13.4. The number of hydrogen-bond donors (Lipinski definition) is 1. The van der Waals surface area contributed by atoms with E-state index in [0.29, 0.717) is 16.3 Å². The zero-order chi connectivity index (χ0) is 20.5. The number of benzene rings is 2. The Morgan fingerprint density at radius 1 is 1.11 bits per heavy atom. The highest BCUT2D eigenvalue weighted by Gasteiger charge is 2.43. The van der Waals surface area contributed by atoms with Crippen molar-refractivity contribution in [3.05, 3.63) is 70.5 Å². The molecule has 1 saturated heterocycles. The molecule has 1 fully saturated rings. The van der Waals surface area contributed by atoms with Gasteiger partial charge in [-0.2, -0.15) is 0 Å². The molecule has 148 valence electrons. The molecule has 2 aromatic rings. The maximum absolute atomic E-state index is 13.4. The normalized spacial score (nSPS) is 19.5. The van der Waals surface area contributed by atoms with Crippen molar-refractivity contribution in [3.63, 3.8) is 0 Å². The van der Waals surface area contributed by atoms with Crippen molar-refractivity contribution in [1.29, 1.82) is 0 Å². The van der Waals surface area contributed by atoms with Gasteiger partial charge in [0.1, 0.15) is 17.2 Å². The van der Waals surface area contributed by atoms with Crippen LogP contribution in [0, 0.1) is 5.82 Å². The predicted octanol–water partition coefficient (Wildman–Crippen LogP) is 4.65. The second-order valence-electron chi connectivity index (χ2n) is 7.71. The van der Waals surface area contributed by atoms with Gasteiger partial charge in [-0.25, -0.2) is 4.39 Å². The summed E-state index contributed by atoms with van der Waals surface area (Å²) in [4.78, 5) is 27.8. The lowest BCUT2D eigenvalue weighted by Gasteiger charge is -2.31. The van der Waals surface area contributed by atoms with Crippen molar-refractivity contribution < 1.29 is 14.0 Å². The van der Waals surface area contributed by atoms with E-state index in [4.69, 9.17) is 11.6 Å². The molecule has 4 nitrogen and oxygen atoms in total. The summed E-state index contributed by atoms with van der Waals surface area (Å²) in [6.45, 7) is 5.70. The quantitative estimate of drug-likeness (QED) is 0.786. The van der Waals surface area contributed by atoms with Gasteiger partial charge in [0.25, 0.3) is 5.91 Å². The lowest BCUT2D eigenvalue weighted by Crippen LogP contribution is -2.52. The van der Waals surface area contributed by atoms with E-state index < -0.39 is 11.6 Å². The van der Waals surface area contributed by atoms with E-state index in [2.05, 4.69) is 5.32 Å². The molecule has 0 radical (unpaired) electrons. The summed E-state index contributed by atoms with van der Waals surface area (Å²) in [6.07, 6.45) is 0. The Morgan fingerprint density at radius 3 is 2.29 bits per heavy atom. The second kappa shape index (κ2) is 8.13. The van der Waals surface area contributed by atoms with Gasteiger partial charge >= 0.3 is 0 Å². The van der Waals surface area contributed by atoms with E-state index in [1.165, 1.54) is 23.9 Å². The number of hydrogen-bond acceptors (Lipinski definition) is 3. The number of carbonyl (C=O) groups excluding carboxylic acids is 2. The number of rotatable bonds is 3. The van der Waals surface area contributed by atoms with Gasteiger partial charge in [-0.05, 0) is 62.7 Å². The summed E-state index contributed by atoms with van der Waals surface area (Å²) in [5.41, 5.74) is 0.817. The van der Waals surface area contributed by atoms with Gasteiger partial charge in [-0.1, -0.05) is 23.7 Å². The van der Waals surface area contributed by atoms with Crippen molar-refractivity contribution in [2.24, 2.45) is 0 Å². The third-order valence-electron chi connectivity index (χ3n) is 4.28. The first-order valence-electron chi connectivity index (χ1n) is 8.93. The smallest absolute Gasteiger partial charge is 0.255 e. The molecule has 0 spiro atoms. The Balaban J connectivity index is 1.96. The first-order chi connectivity index (χ1) is 13.2. The molecule has 0 unspecified atom stereocenters. The van der Waals surface area contributed by atoms with Crippen LogP contribution in [0.2, 0.25) is 5.02 Å². The molecule has 28 heavy (non-hydrogen) atoms.